The van der Waals surface area contributed by atoms with Crippen LogP contribution < -0.4 is 0 Å². The lowest BCUT2D eigenvalue weighted by molar-refractivity contribution is -0.140. The predicted octanol–water partition coefficient (Wildman–Crippen LogP) is 2.08. The summed E-state index contributed by atoms with van der Waals surface area (Å²) in [5.41, 5.74) is 0. The van der Waals surface area contributed by atoms with Gasteiger partial charge in [0.2, 0.25) is 0 Å². The van der Waals surface area contributed by atoms with Gasteiger partial charge in [-0.1, -0.05) is 13.8 Å². The Morgan fingerprint density at radius 2 is 1.85 bits per heavy atom. The minimum atomic E-state index is -0.234. The van der Waals surface area contributed by atoms with Gasteiger partial charge in [-0.3, -0.25) is 4.79 Å². The summed E-state index contributed by atoms with van der Waals surface area (Å²) in [6.45, 7) is 4.48. The zero-order valence-corrected chi connectivity index (χ0v) is 8.45. The first-order valence-corrected chi connectivity index (χ1v) is 5.05. The van der Waals surface area contributed by atoms with E-state index in [0.29, 0.717) is 0 Å². The molecule has 3 heteroatoms. The minimum Gasteiger partial charge on any atom is -0.543 e. The Morgan fingerprint density at radius 3 is 2.23 bits per heavy atom. The van der Waals surface area contributed by atoms with Crippen molar-refractivity contribution < 1.29 is 9.45 Å². The van der Waals surface area contributed by atoms with E-state index in [9.17, 15) is 4.79 Å². The van der Waals surface area contributed by atoms with Gasteiger partial charge < -0.3 is 4.65 Å². The molecule has 0 bridgehead atoms. The van der Waals surface area contributed by atoms with Crippen molar-refractivity contribution >= 4 is 14.0 Å². The van der Waals surface area contributed by atoms with Gasteiger partial charge in [0.25, 0.3) is 5.97 Å². The average Bonchev–Trinajstić information content (AvgIpc) is 2.17. The van der Waals surface area contributed by atoms with E-state index in [2.05, 4.69) is 18.5 Å². The van der Waals surface area contributed by atoms with Crippen LogP contribution in [0.5, 0.6) is 0 Å². The number of hydrogen-bond donors (Lipinski definition) is 0. The van der Waals surface area contributed by atoms with Gasteiger partial charge in [-0.2, -0.15) is 0 Å². The van der Waals surface area contributed by atoms with E-state index in [1.54, 1.807) is 0 Å². The van der Waals surface area contributed by atoms with E-state index in [1.165, 1.54) is 0 Å². The molecule has 0 aromatic carbocycles. The Bertz CT molecular complexity index is 172. The fourth-order valence-corrected chi connectivity index (χ4v) is 2.12. The van der Waals surface area contributed by atoms with Gasteiger partial charge in [-0.15, -0.1) is 0 Å². The van der Waals surface area contributed by atoms with Crippen molar-refractivity contribution in [1.82, 2.24) is 0 Å². The normalized spacial score (nSPS) is 28.8. The second-order valence-electron chi connectivity index (χ2n) is 4.29. The molecule has 2 nitrogen and oxygen atoms in total. The van der Waals surface area contributed by atoms with E-state index in [0.717, 1.165) is 37.5 Å². The molecule has 1 fully saturated rings. The van der Waals surface area contributed by atoms with Gasteiger partial charge >= 0.3 is 8.05 Å². The van der Waals surface area contributed by atoms with Crippen molar-refractivity contribution in [1.29, 1.82) is 0 Å². The maximum absolute atomic E-state index is 11.1. The average molecular weight is 180 g/mol. The summed E-state index contributed by atoms with van der Waals surface area (Å²) in [4.78, 5) is 11.1. The first-order chi connectivity index (χ1) is 6.15. The molecule has 0 N–H and O–H groups in total. The summed E-state index contributed by atoms with van der Waals surface area (Å²) < 4.78 is 4.25. The van der Waals surface area contributed by atoms with E-state index >= 15 is 0 Å². The molecule has 2 radical (unpaired) electrons. The highest BCUT2D eigenvalue weighted by Gasteiger charge is 2.27. The second-order valence-corrected chi connectivity index (χ2v) is 4.29. The van der Waals surface area contributed by atoms with Gasteiger partial charge in [-0.25, -0.2) is 0 Å². The minimum absolute atomic E-state index is 0.0556. The number of rotatable bonds is 2. The smallest absolute Gasteiger partial charge is 0.378 e. The van der Waals surface area contributed by atoms with Crippen LogP contribution >= 0.6 is 0 Å². The van der Waals surface area contributed by atoms with Gasteiger partial charge in [0.05, 0.1) is 5.92 Å². The Morgan fingerprint density at radius 1 is 1.31 bits per heavy atom. The lowest BCUT2D eigenvalue weighted by Gasteiger charge is -2.29. The summed E-state index contributed by atoms with van der Waals surface area (Å²) in [7, 11) is 4.85. The van der Waals surface area contributed by atoms with E-state index in [1.807, 2.05) is 0 Å². The number of carbonyl (C=O) groups is 1. The summed E-state index contributed by atoms with van der Waals surface area (Å²) in [6.07, 6.45) is 4.16. The largest absolute Gasteiger partial charge is 0.543 e. The van der Waals surface area contributed by atoms with Crippen LogP contribution in [0.25, 0.3) is 0 Å². The molecular weight excluding hydrogens is 163 g/mol. The van der Waals surface area contributed by atoms with Crippen molar-refractivity contribution in [3.8, 4) is 0 Å². The fourth-order valence-electron chi connectivity index (χ4n) is 2.12. The monoisotopic (exact) mass is 180 g/mol. The maximum Gasteiger partial charge on any atom is 0.378 e. The Balaban J connectivity index is 2.34. The summed E-state index contributed by atoms with van der Waals surface area (Å²) in [6, 6.07) is 0. The molecule has 1 aliphatic carbocycles. The molecular formula is C10H17BO2. The van der Waals surface area contributed by atoms with Gasteiger partial charge in [-0.05, 0) is 37.5 Å². The van der Waals surface area contributed by atoms with Crippen LogP contribution in [0.1, 0.15) is 39.5 Å². The molecule has 1 aliphatic rings. The highest BCUT2D eigenvalue weighted by atomic mass is 16.5. The molecule has 0 spiro atoms. The lowest BCUT2D eigenvalue weighted by atomic mass is 9.77. The zero-order chi connectivity index (χ0) is 9.84. The van der Waals surface area contributed by atoms with Gasteiger partial charge in [0.15, 0.2) is 0 Å². The molecule has 0 aliphatic heterocycles. The summed E-state index contributed by atoms with van der Waals surface area (Å²) >= 11 is 0. The quantitative estimate of drug-likeness (QED) is 0.608. The molecule has 72 valence electrons. The number of hydrogen-bond acceptors (Lipinski definition) is 2. The van der Waals surface area contributed by atoms with Crippen LogP contribution in [0, 0.1) is 17.8 Å². The van der Waals surface area contributed by atoms with Crippen molar-refractivity contribution in [3.05, 3.63) is 0 Å². The molecule has 0 atom stereocenters. The zero-order valence-electron chi connectivity index (χ0n) is 8.45. The molecule has 1 rings (SSSR count). The van der Waals surface area contributed by atoms with Crippen LogP contribution in [-0.4, -0.2) is 14.0 Å². The third-order valence-corrected chi connectivity index (χ3v) is 3.16. The lowest BCUT2D eigenvalue weighted by Crippen LogP contribution is -2.25. The van der Waals surface area contributed by atoms with Gasteiger partial charge in [0.1, 0.15) is 0 Å². The fraction of sp³-hybridized carbons (Fsp3) is 0.900. The second kappa shape index (κ2) is 4.68. The molecule has 1 saturated carbocycles. The topological polar surface area (TPSA) is 26.3 Å². The molecule has 0 saturated heterocycles. The van der Waals surface area contributed by atoms with Gasteiger partial charge in [0, 0.05) is 0 Å². The van der Waals surface area contributed by atoms with E-state index < -0.39 is 0 Å². The highest BCUT2D eigenvalue weighted by molar-refractivity contribution is 6.05. The van der Waals surface area contributed by atoms with Crippen molar-refractivity contribution in [3.63, 3.8) is 0 Å². The van der Waals surface area contributed by atoms with Crippen molar-refractivity contribution in [2.24, 2.45) is 17.8 Å². The third-order valence-electron chi connectivity index (χ3n) is 3.16. The standard InChI is InChI=1S/C10H17BO2/c1-7(2)8-3-5-9(6-4-8)10(12)13-11/h7-9H,3-6H2,1-2H3. The number of carbonyl (C=O) groups excluding carboxylic acids is 1. The van der Waals surface area contributed by atoms with E-state index in [4.69, 9.17) is 8.05 Å². The van der Waals surface area contributed by atoms with Crippen LogP contribution in [0.15, 0.2) is 0 Å². The van der Waals surface area contributed by atoms with Crippen molar-refractivity contribution in [2.75, 3.05) is 0 Å². The molecule has 0 heterocycles. The molecule has 13 heavy (non-hydrogen) atoms. The third kappa shape index (κ3) is 2.75. The Kier molecular flexibility index (Phi) is 3.82. The first kappa shape index (κ1) is 10.6. The Hall–Kier alpha value is -0.465. The highest BCUT2D eigenvalue weighted by Crippen LogP contribution is 2.33. The van der Waals surface area contributed by atoms with Crippen LogP contribution in [0.3, 0.4) is 0 Å². The van der Waals surface area contributed by atoms with Crippen LogP contribution in [0.2, 0.25) is 0 Å². The molecule has 0 amide bonds. The predicted molar refractivity (Wildman–Crippen MR) is 52.1 cm³/mol. The van der Waals surface area contributed by atoms with Crippen LogP contribution in [0.4, 0.5) is 0 Å². The van der Waals surface area contributed by atoms with Crippen molar-refractivity contribution in [2.45, 2.75) is 39.5 Å². The first-order valence-electron chi connectivity index (χ1n) is 5.05. The Labute approximate surface area is 81.5 Å². The molecule has 0 unspecified atom stereocenters. The summed E-state index contributed by atoms with van der Waals surface area (Å²) in [5, 5.41) is 0. The van der Waals surface area contributed by atoms with Crippen LogP contribution in [-0.2, 0) is 9.45 Å². The SMILES string of the molecule is [B]OC(=O)C1CCC(C(C)C)CC1. The summed E-state index contributed by atoms with van der Waals surface area (Å²) in [5.74, 6) is 1.33. The maximum atomic E-state index is 11.1. The molecule has 0 aromatic rings. The van der Waals surface area contributed by atoms with E-state index in [-0.39, 0.29) is 11.9 Å². The molecule has 0 aromatic heterocycles.